The first kappa shape index (κ1) is 131. The highest BCUT2D eigenvalue weighted by Gasteiger charge is 2.33. The van der Waals surface area contributed by atoms with Crippen molar-refractivity contribution in [3.8, 4) is 23.0 Å². The number of benzene rings is 8. The van der Waals surface area contributed by atoms with E-state index < -0.39 is 92.2 Å². The van der Waals surface area contributed by atoms with Crippen LogP contribution < -0.4 is 19.3 Å². The molecule has 0 aromatic heterocycles. The third-order valence-corrected chi connectivity index (χ3v) is 19.7. The molecule has 0 fully saturated rings. The van der Waals surface area contributed by atoms with Gasteiger partial charge in [-0.3, -0.25) is 0 Å². The number of phenolic OH excluding ortho intramolecular Hbond substituents is 2. The highest BCUT2D eigenvalue weighted by atomic mass is 35.5. The maximum absolute atomic E-state index is 12.4. The molecule has 44 radical (unpaired) electrons. The summed E-state index contributed by atoms with van der Waals surface area (Å²) in [5.41, 5.74) is 15.0. The smallest absolute Gasteiger partial charge is 0.416 e. The van der Waals surface area contributed by atoms with Crippen molar-refractivity contribution in [2.24, 2.45) is 0 Å². The molecule has 8 aromatic carbocycles. The van der Waals surface area contributed by atoms with E-state index in [1.54, 1.807) is 46.3 Å². The van der Waals surface area contributed by atoms with Crippen LogP contribution in [0.1, 0.15) is 294 Å². The highest BCUT2D eigenvalue weighted by molar-refractivity contribution is 7.80. The van der Waals surface area contributed by atoms with Crippen LogP contribution in [0.3, 0.4) is 0 Å². The predicted molar refractivity (Wildman–Crippen MR) is 658 cm³/mol. The molecule has 2 N–H and O–H groups in total. The van der Waals surface area contributed by atoms with Gasteiger partial charge in [-0.25, -0.2) is 0 Å². The van der Waals surface area contributed by atoms with Crippen molar-refractivity contribution in [2.45, 2.75) is 251 Å². The zero-order valence-corrected chi connectivity index (χ0v) is 89.8. The summed E-state index contributed by atoms with van der Waals surface area (Å²) in [7, 11) is 100. The van der Waals surface area contributed by atoms with E-state index in [1.807, 2.05) is 42.5 Å². The van der Waals surface area contributed by atoms with Gasteiger partial charge in [-0.15, -0.1) is 0 Å². The molecule has 6 nitrogen and oxygen atoms in total. The van der Waals surface area contributed by atoms with Gasteiger partial charge in [-0.1, -0.05) is 279 Å². The van der Waals surface area contributed by atoms with Crippen LogP contribution in [0.25, 0.3) is 0 Å². The number of ether oxygens (including phenoxy) is 2. The quantitative estimate of drug-likeness (QED) is 0.0556. The van der Waals surface area contributed by atoms with E-state index in [-0.39, 0.29) is 16.7 Å². The van der Waals surface area contributed by atoms with Crippen molar-refractivity contribution >= 4 is 288 Å². The monoisotopic (exact) mass is 1840 g/mol. The zero-order chi connectivity index (χ0) is 116. The fourth-order valence-corrected chi connectivity index (χ4v) is 12.1. The molecule has 8 aromatic rings. The van der Waals surface area contributed by atoms with Gasteiger partial charge in [-0.2, -0.15) is 13.2 Å². The average Bonchev–Trinajstić information content (AvgIpc) is 0.774. The summed E-state index contributed by atoms with van der Waals surface area (Å²) in [5, 5.41) is 20.5. The molecule has 0 aliphatic rings. The maximum Gasteiger partial charge on any atom is 0.416 e. The van der Waals surface area contributed by atoms with Gasteiger partial charge in [0.05, 0.1) is 19.8 Å². The number of rotatable bonds is 25. The second-order valence-electron chi connectivity index (χ2n) is 35.6. The summed E-state index contributed by atoms with van der Waals surface area (Å²) in [6, 6.07) is 57.5. The first-order chi connectivity index (χ1) is 67.4. The van der Waals surface area contributed by atoms with Gasteiger partial charge in [0.25, 0.3) is 0 Å². The van der Waals surface area contributed by atoms with E-state index in [9.17, 15) is 18.3 Å². The van der Waals surface area contributed by atoms with Crippen LogP contribution in [0.15, 0.2) is 176 Å². The predicted octanol–water partition coefficient (Wildman–Crippen LogP) is 12.3. The zero-order valence-electron chi connectivity index (χ0n) is 97.1. The summed E-state index contributed by atoms with van der Waals surface area (Å²) in [5.74, 6) is 6.51. The Morgan fingerprint density at radius 3 is 1.09 bits per heavy atom. The van der Waals surface area contributed by atoms with E-state index in [0.29, 0.717) is 58.5 Å². The first-order valence-electron chi connectivity index (χ1n) is 51.1. The van der Waals surface area contributed by atoms with E-state index >= 15 is 0 Å². The number of alkyl halides is 3. The lowest BCUT2D eigenvalue weighted by atomic mass is 8.77. The number of methoxy groups -OCH3 is 2. The summed E-state index contributed by atoms with van der Waals surface area (Å²) in [6.45, 7) is 62.1. The Kier molecular flexibility index (Phi) is 81.9. The lowest BCUT2D eigenvalue weighted by Gasteiger charge is -2.29. The van der Waals surface area contributed by atoms with Crippen LogP contribution in [-0.4, -0.2) is 326 Å². The SMILES string of the molecule is CC(C)c1cc(C(C)(C)C)c(O)c(C(C)(C)C)c1.CC(C)c1cccc(O)c1.CC(C)c1ccccc1C(F)(F)F.CC(C)c1ccccc1Cl.CCN(CC)c1ccc(C(C)C)c(OC)c1.CCN(CC)c1ccc(C(C)C)cc1.COc1cccc(C(C)C)c1.Cc1ccccc1C(C)C.[3H]B(B([B])[B])B([B])[B].[3H]B(B([B])[B])B([B])[B][B].[3H]B([B])B([B])[B].[3H]B([B])[B].[3H]B([B])[B][B].[3H]B([B][B])B([B])[B].[3H][B].[3H][B][B]. The number of hydrogen-bond acceptors (Lipinski definition) is 6. The lowest BCUT2D eigenvalue weighted by Crippen LogP contribution is -2.42. The minimum absolute atomic E-state index is 0.0328. The largest absolute Gasteiger partial charge is 0.508 e. The molecule has 138 heavy (non-hydrogen) atoms. The second kappa shape index (κ2) is 86.3. The van der Waals surface area contributed by atoms with E-state index in [2.05, 4.69) is 312 Å². The third-order valence-electron chi connectivity index (χ3n) is 19.4. The van der Waals surface area contributed by atoms with Gasteiger partial charge in [0.2, 0.25) is 0 Å². The Bertz CT molecular complexity index is 4400. The van der Waals surface area contributed by atoms with Crippen molar-refractivity contribution in [2.75, 3.05) is 50.2 Å². The molecule has 680 valence electrons. The summed E-state index contributed by atoms with van der Waals surface area (Å²) in [4.78, 5) is 4.69. The Hall–Kier alpha value is -5.02. The number of nitrogens with zero attached hydrogens (tertiary/aromatic N) is 2. The molecule has 8 rings (SSSR count). The molecule has 0 heterocycles. The van der Waals surface area contributed by atoms with Crippen LogP contribution >= 0.6 is 11.6 Å². The minimum Gasteiger partial charge on any atom is -0.508 e. The number of hydrogen-bond donors (Lipinski definition) is 2. The Balaban J connectivity index is -0.000000236. The maximum atomic E-state index is 12.4. The number of phenols is 2. The average molecular weight is 1840 g/mol. The second-order valence-corrected chi connectivity index (χ2v) is 36.0. The third kappa shape index (κ3) is 74.0. The van der Waals surface area contributed by atoms with Crippen molar-refractivity contribution < 1.29 is 32.9 Å². The fraction of sp³-hybridized carbons (Fsp3) is 0.478. The van der Waals surface area contributed by atoms with Gasteiger partial charge in [0, 0.05) is 313 Å². The van der Waals surface area contributed by atoms with Crippen molar-refractivity contribution in [3.63, 3.8) is 0 Å². The molecule has 0 saturated heterocycles. The Morgan fingerprint density at radius 2 is 0.819 bits per heavy atom. The van der Waals surface area contributed by atoms with Gasteiger partial charge >= 0.3 is 6.18 Å². The van der Waals surface area contributed by atoms with Crippen molar-refractivity contribution in [3.05, 3.63) is 248 Å². The lowest BCUT2D eigenvalue weighted by molar-refractivity contribution is -0.138. The van der Waals surface area contributed by atoms with Crippen LogP contribution in [0, 0.1) is 6.92 Å². The standard InChI is InChI=1S/C17H28O.C14H23NO.C13H21N.C10H11F3.C10H14O.C10H14.C9H11Cl.C9H12O.B8H.B7H.B6H.B5H.B4H.B3H.B2H.BH/c1-11(2)12-9-13(16(3,4)5)15(18)14(10-12)17(6,7)8;1-6-15(7-2)12-8-9-13(11(3)4)14(10-12)16-5;1-5-14(6-2)13-9-7-12(8-10-13)11(3)4;1-7(2)8-5-3-4-6-9(8)10(11,12)13;1-8(2)9-5-4-6-10(7-9)11-3;1-8(2)10-7-5-4-6-9(10)3;1-7(2)8-5-3-4-6-9(8)10;1-7(2)8-4-3-5-9(10)6-8;1-5-8(4)6-7(2)3;1-6(2)5-7(3)4;1-4-5-6(2)3;1-4-5(2)3;1-3-4-2;1-3-2;1-2;/h9-11,18H,1-8H3;8-11H,6-7H2,1-5H3;7-11H,5-6H2,1-4H3;3-7H,1-2H3;4-8H,1-3H3;4-8H,1-3H3;3-7H,1-2H3;3-7,10H,1-2H3;6H;5H;5H;4H;3H;3H;1H;1H/i;;;;;;;;6T;2*5T;4T;2*3T;2*1T. The molecule has 0 saturated carbocycles. The van der Waals surface area contributed by atoms with E-state index in [1.165, 1.54) is 75.1 Å². The van der Waals surface area contributed by atoms with Crippen LogP contribution in [-0.2, 0) is 17.0 Å². The highest BCUT2D eigenvalue weighted by Crippen LogP contribution is 2.42. The Labute approximate surface area is 897 Å². The molecular formula is C92H142B36ClF3N2O4. The fourth-order valence-electron chi connectivity index (χ4n) is 11.8. The molecular weight excluding hydrogens is 1680 g/mol. The molecule has 0 aliphatic carbocycles. The van der Waals surface area contributed by atoms with Gasteiger partial charge in [-0.05, 0) is 219 Å². The van der Waals surface area contributed by atoms with Crippen molar-refractivity contribution in [1.82, 2.24) is 0 Å². The molecule has 0 aliphatic heterocycles. The number of anilines is 2. The summed E-state index contributed by atoms with van der Waals surface area (Å²) < 4.78 is 99.0. The molecule has 0 spiro atoms. The molecule has 0 amide bonds. The van der Waals surface area contributed by atoms with E-state index in [0.717, 1.165) is 81.7 Å². The topological polar surface area (TPSA) is 65.4 Å². The van der Waals surface area contributed by atoms with Crippen molar-refractivity contribution in [1.29, 1.82) is 10.7 Å². The van der Waals surface area contributed by atoms with Crippen LogP contribution in [0.5, 0.6) is 23.0 Å². The van der Waals surface area contributed by atoms with E-state index in [4.69, 9.17) is 161 Å². The molecule has 0 bridgehead atoms. The first-order valence-corrected chi connectivity index (χ1v) is 46.8. The Morgan fingerprint density at radius 1 is 0.449 bits per heavy atom. The minimum atomic E-state index is -4.24. The summed E-state index contributed by atoms with van der Waals surface area (Å²) in [6.07, 6.45) is -8.33. The van der Waals surface area contributed by atoms with Crippen LogP contribution in [0.2, 0.25) is 5.02 Å². The molecule has 0 unspecified atom stereocenters. The van der Waals surface area contributed by atoms with Crippen LogP contribution in [0.4, 0.5) is 24.5 Å². The van der Waals surface area contributed by atoms with Gasteiger partial charge in [0.15, 0.2) is 0 Å². The molecule has 0 atom stereocenters. The van der Waals surface area contributed by atoms with Gasteiger partial charge < -0.3 is 29.5 Å². The normalized spacial score (nSPS) is 10.6. The number of halogens is 4. The number of aromatic hydroxyl groups is 2. The summed E-state index contributed by atoms with van der Waals surface area (Å²) >= 11 is 5.92. The number of aryl methyl sites for hydroxylation is 1. The van der Waals surface area contributed by atoms with Gasteiger partial charge in [0.1, 0.15) is 23.0 Å². The molecule has 46 heteroatoms.